The standard InChI is InChI=1S/C20H19ClFN3O/c1-13-19(14(2)25(23-13)18-9-7-17(22)8-10-18)20(26)24(3)12-15-5-4-6-16(21)11-15/h4-11H,12H2,1-3H3. The van der Waals surface area contributed by atoms with E-state index in [1.54, 1.807) is 41.8 Å². The normalized spacial score (nSPS) is 10.8. The molecule has 0 aliphatic rings. The van der Waals surface area contributed by atoms with Gasteiger partial charge in [-0.2, -0.15) is 5.10 Å². The summed E-state index contributed by atoms with van der Waals surface area (Å²) in [7, 11) is 1.75. The Hall–Kier alpha value is -2.66. The first-order valence-electron chi connectivity index (χ1n) is 8.19. The van der Waals surface area contributed by atoms with E-state index in [2.05, 4.69) is 5.10 Å². The molecule has 6 heteroatoms. The molecule has 0 unspecified atom stereocenters. The highest BCUT2D eigenvalue weighted by molar-refractivity contribution is 6.30. The van der Waals surface area contributed by atoms with Crippen LogP contribution in [0.1, 0.15) is 27.3 Å². The second-order valence-corrected chi connectivity index (χ2v) is 6.66. The third-order valence-electron chi connectivity index (χ3n) is 4.23. The molecule has 0 bridgehead atoms. The maximum atomic E-state index is 13.2. The van der Waals surface area contributed by atoms with Crippen LogP contribution >= 0.6 is 11.6 Å². The number of aryl methyl sites for hydroxylation is 1. The molecule has 1 amide bonds. The second-order valence-electron chi connectivity index (χ2n) is 6.23. The highest BCUT2D eigenvalue weighted by Gasteiger charge is 2.22. The predicted octanol–water partition coefficient (Wildman–Crippen LogP) is 4.55. The first kappa shape index (κ1) is 18.1. The number of halogens is 2. The molecule has 134 valence electrons. The van der Waals surface area contributed by atoms with Gasteiger partial charge in [0.2, 0.25) is 0 Å². The summed E-state index contributed by atoms with van der Waals surface area (Å²) in [6, 6.07) is 13.5. The molecule has 0 atom stereocenters. The fourth-order valence-electron chi connectivity index (χ4n) is 2.96. The van der Waals surface area contributed by atoms with E-state index in [0.29, 0.717) is 28.5 Å². The Morgan fingerprint density at radius 3 is 2.54 bits per heavy atom. The number of rotatable bonds is 4. The highest BCUT2D eigenvalue weighted by atomic mass is 35.5. The number of nitrogens with zero attached hydrogens (tertiary/aromatic N) is 3. The maximum Gasteiger partial charge on any atom is 0.257 e. The fraction of sp³-hybridized carbons (Fsp3) is 0.200. The minimum Gasteiger partial charge on any atom is -0.337 e. The SMILES string of the molecule is Cc1nn(-c2ccc(F)cc2)c(C)c1C(=O)N(C)Cc1cccc(Cl)c1. The van der Waals surface area contributed by atoms with Gasteiger partial charge < -0.3 is 4.90 Å². The van der Waals surface area contributed by atoms with Crippen molar-refractivity contribution in [2.45, 2.75) is 20.4 Å². The van der Waals surface area contributed by atoms with Gasteiger partial charge in [0.1, 0.15) is 5.82 Å². The van der Waals surface area contributed by atoms with Crippen LogP contribution in [0.25, 0.3) is 5.69 Å². The molecule has 0 aliphatic heterocycles. The van der Waals surface area contributed by atoms with Gasteiger partial charge in [0, 0.05) is 18.6 Å². The van der Waals surface area contributed by atoms with Gasteiger partial charge in [0.15, 0.2) is 0 Å². The third kappa shape index (κ3) is 3.63. The summed E-state index contributed by atoms with van der Waals surface area (Å²) in [6.45, 7) is 4.08. The number of benzene rings is 2. The summed E-state index contributed by atoms with van der Waals surface area (Å²) < 4.78 is 14.8. The zero-order valence-corrected chi connectivity index (χ0v) is 15.6. The molecule has 0 spiro atoms. The Kier molecular flexibility index (Phi) is 5.09. The molecule has 0 saturated carbocycles. The van der Waals surface area contributed by atoms with Crippen molar-refractivity contribution < 1.29 is 9.18 Å². The van der Waals surface area contributed by atoms with Gasteiger partial charge >= 0.3 is 0 Å². The molecule has 3 rings (SSSR count). The van der Waals surface area contributed by atoms with E-state index in [1.807, 2.05) is 25.1 Å². The van der Waals surface area contributed by atoms with Crippen molar-refractivity contribution in [1.82, 2.24) is 14.7 Å². The second kappa shape index (κ2) is 7.30. The summed E-state index contributed by atoms with van der Waals surface area (Å²) in [6.07, 6.45) is 0. The molecule has 0 radical (unpaired) electrons. The van der Waals surface area contributed by atoms with Crippen LogP contribution < -0.4 is 0 Å². The quantitative estimate of drug-likeness (QED) is 0.674. The molecule has 26 heavy (non-hydrogen) atoms. The molecule has 1 heterocycles. The van der Waals surface area contributed by atoms with Crippen molar-refractivity contribution in [3.05, 3.63) is 81.9 Å². The Bertz CT molecular complexity index is 950. The zero-order chi connectivity index (χ0) is 18.8. The van der Waals surface area contributed by atoms with Crippen LogP contribution in [-0.2, 0) is 6.54 Å². The van der Waals surface area contributed by atoms with Gasteiger partial charge in [-0.15, -0.1) is 0 Å². The lowest BCUT2D eigenvalue weighted by Crippen LogP contribution is -2.27. The van der Waals surface area contributed by atoms with E-state index in [1.165, 1.54) is 12.1 Å². The molecule has 0 fully saturated rings. The van der Waals surface area contributed by atoms with Crippen molar-refractivity contribution in [3.8, 4) is 5.69 Å². The van der Waals surface area contributed by atoms with Gasteiger partial charge in [-0.25, -0.2) is 9.07 Å². The minimum atomic E-state index is -0.312. The van der Waals surface area contributed by atoms with E-state index >= 15 is 0 Å². The van der Waals surface area contributed by atoms with Crippen LogP contribution in [0.15, 0.2) is 48.5 Å². The van der Waals surface area contributed by atoms with Gasteiger partial charge in [0.25, 0.3) is 5.91 Å². The molecule has 0 N–H and O–H groups in total. The fourth-order valence-corrected chi connectivity index (χ4v) is 3.17. The number of carbonyl (C=O) groups is 1. The lowest BCUT2D eigenvalue weighted by molar-refractivity contribution is 0.0783. The average molecular weight is 372 g/mol. The van der Waals surface area contributed by atoms with Crippen molar-refractivity contribution in [2.75, 3.05) is 7.05 Å². The topological polar surface area (TPSA) is 38.1 Å². The maximum absolute atomic E-state index is 13.2. The lowest BCUT2D eigenvalue weighted by Gasteiger charge is -2.18. The summed E-state index contributed by atoms with van der Waals surface area (Å²) in [4.78, 5) is 14.6. The van der Waals surface area contributed by atoms with E-state index in [0.717, 1.165) is 11.3 Å². The van der Waals surface area contributed by atoms with Crippen molar-refractivity contribution in [1.29, 1.82) is 0 Å². The van der Waals surface area contributed by atoms with Gasteiger partial charge in [-0.3, -0.25) is 4.79 Å². The smallest absolute Gasteiger partial charge is 0.257 e. The summed E-state index contributed by atoms with van der Waals surface area (Å²) in [5.74, 6) is -0.429. The van der Waals surface area contributed by atoms with Gasteiger partial charge in [-0.05, 0) is 55.8 Å². The summed E-state index contributed by atoms with van der Waals surface area (Å²) in [5.41, 5.74) is 3.57. The predicted molar refractivity (Wildman–Crippen MR) is 100 cm³/mol. The van der Waals surface area contributed by atoms with E-state index in [4.69, 9.17) is 11.6 Å². The molecular formula is C20H19ClFN3O. The molecular weight excluding hydrogens is 353 g/mol. The average Bonchev–Trinajstić information content (AvgIpc) is 2.89. The number of hydrogen-bond acceptors (Lipinski definition) is 2. The first-order valence-corrected chi connectivity index (χ1v) is 8.56. The molecule has 2 aromatic carbocycles. The van der Waals surface area contributed by atoms with E-state index in [9.17, 15) is 9.18 Å². The summed E-state index contributed by atoms with van der Waals surface area (Å²) in [5, 5.41) is 5.10. The van der Waals surface area contributed by atoms with Crippen LogP contribution in [0.4, 0.5) is 4.39 Å². The Morgan fingerprint density at radius 1 is 1.19 bits per heavy atom. The van der Waals surface area contributed by atoms with Crippen LogP contribution in [0.2, 0.25) is 5.02 Å². The number of amides is 1. The first-order chi connectivity index (χ1) is 12.4. The van der Waals surface area contributed by atoms with Crippen molar-refractivity contribution in [2.24, 2.45) is 0 Å². The van der Waals surface area contributed by atoms with Crippen molar-refractivity contribution in [3.63, 3.8) is 0 Å². The lowest BCUT2D eigenvalue weighted by atomic mass is 10.1. The molecule has 0 aliphatic carbocycles. The third-order valence-corrected chi connectivity index (χ3v) is 4.47. The Labute approximate surface area is 156 Å². The Morgan fingerprint density at radius 2 is 1.88 bits per heavy atom. The van der Waals surface area contributed by atoms with Crippen LogP contribution in [-0.4, -0.2) is 27.6 Å². The van der Waals surface area contributed by atoms with Crippen molar-refractivity contribution >= 4 is 17.5 Å². The number of carbonyl (C=O) groups excluding carboxylic acids is 1. The monoisotopic (exact) mass is 371 g/mol. The van der Waals surface area contributed by atoms with Crippen LogP contribution in [0.3, 0.4) is 0 Å². The van der Waals surface area contributed by atoms with Crippen LogP contribution in [0.5, 0.6) is 0 Å². The summed E-state index contributed by atoms with van der Waals surface area (Å²) >= 11 is 6.01. The zero-order valence-electron chi connectivity index (χ0n) is 14.8. The van der Waals surface area contributed by atoms with Gasteiger partial charge in [-0.1, -0.05) is 23.7 Å². The minimum absolute atomic E-state index is 0.117. The highest BCUT2D eigenvalue weighted by Crippen LogP contribution is 2.21. The van der Waals surface area contributed by atoms with Crippen LogP contribution in [0, 0.1) is 19.7 Å². The van der Waals surface area contributed by atoms with E-state index in [-0.39, 0.29) is 11.7 Å². The Balaban J connectivity index is 1.88. The largest absolute Gasteiger partial charge is 0.337 e. The number of hydrogen-bond donors (Lipinski definition) is 0. The van der Waals surface area contributed by atoms with Gasteiger partial charge in [0.05, 0.1) is 22.6 Å². The molecule has 4 nitrogen and oxygen atoms in total. The van der Waals surface area contributed by atoms with E-state index < -0.39 is 0 Å². The number of aromatic nitrogens is 2. The molecule has 3 aromatic rings. The molecule has 0 saturated heterocycles. The molecule has 1 aromatic heterocycles.